The minimum atomic E-state index is -0.846. The van der Waals surface area contributed by atoms with Gasteiger partial charge in [-0.15, -0.1) is 0 Å². The molecule has 0 spiro atoms. The molecule has 84 heavy (non-hydrogen) atoms. The molecule has 0 aromatic carbocycles. The molecule has 0 aromatic rings. The van der Waals surface area contributed by atoms with Crippen LogP contribution in [0.25, 0.3) is 0 Å². The number of carbonyl (C=O) groups is 2. The van der Waals surface area contributed by atoms with Gasteiger partial charge in [-0.05, 0) is 89.9 Å². The van der Waals surface area contributed by atoms with E-state index in [0.717, 1.165) is 51.4 Å². The number of ether oxygens (including phenoxy) is 1. The number of amides is 1. The second-order valence-corrected chi connectivity index (χ2v) is 26.0. The summed E-state index contributed by atoms with van der Waals surface area (Å²) < 4.78 is 5.51. The number of carbonyl (C=O) groups excluding carboxylic acids is 2. The average Bonchev–Trinajstić information content (AvgIpc) is 3.51. The number of nitrogens with one attached hydrogen (secondary N) is 1. The molecule has 0 saturated heterocycles. The monoisotopic (exact) mass is 1180 g/mol. The lowest BCUT2D eigenvalue weighted by molar-refractivity contribution is -0.143. The summed E-state index contributed by atoms with van der Waals surface area (Å²) in [6.07, 6.45) is 96.4. The Bertz CT molecular complexity index is 1400. The number of aliphatic hydroxyl groups is 2. The van der Waals surface area contributed by atoms with E-state index in [2.05, 4.69) is 55.6 Å². The first-order valence-corrected chi connectivity index (χ1v) is 37.9. The Morgan fingerprint density at radius 1 is 0.333 bits per heavy atom. The third kappa shape index (κ3) is 68.9. The lowest BCUT2D eigenvalue weighted by Crippen LogP contribution is -2.45. The highest BCUT2D eigenvalue weighted by Crippen LogP contribution is 2.19. The van der Waals surface area contributed by atoms with Gasteiger partial charge < -0.3 is 20.3 Å². The summed E-state index contributed by atoms with van der Waals surface area (Å²) in [5.41, 5.74) is 0. The fourth-order valence-corrected chi connectivity index (χ4v) is 11.8. The van der Waals surface area contributed by atoms with Crippen LogP contribution in [0.3, 0.4) is 0 Å². The van der Waals surface area contributed by atoms with Gasteiger partial charge in [0.1, 0.15) is 0 Å². The van der Waals surface area contributed by atoms with Crippen molar-refractivity contribution in [2.24, 2.45) is 0 Å². The SMILES string of the molecule is CCCCC/C=C\C/C=C\CCCCCCCCCCCC(=O)OCCCCCCCCCCCCCC/C=C\CCCCCCCCCCCCCCC(=O)NC(CO)C(O)/C=C/CCCCCCCCCCCCCCCCCCCC. The average molecular weight is 1180 g/mol. The van der Waals surface area contributed by atoms with Gasteiger partial charge in [0.25, 0.3) is 0 Å². The van der Waals surface area contributed by atoms with Gasteiger partial charge in [-0.25, -0.2) is 0 Å². The summed E-state index contributed by atoms with van der Waals surface area (Å²) in [5.74, 6) is -0.0523. The quantitative estimate of drug-likeness (QED) is 0.0320. The van der Waals surface area contributed by atoms with Gasteiger partial charge in [-0.3, -0.25) is 9.59 Å². The zero-order valence-electron chi connectivity index (χ0n) is 56.6. The minimum absolute atomic E-state index is 0.0121. The van der Waals surface area contributed by atoms with Crippen LogP contribution in [0, 0.1) is 0 Å². The highest BCUT2D eigenvalue weighted by atomic mass is 16.5. The first kappa shape index (κ1) is 81.8. The van der Waals surface area contributed by atoms with Gasteiger partial charge in [0.15, 0.2) is 0 Å². The predicted molar refractivity (Wildman–Crippen MR) is 370 cm³/mol. The van der Waals surface area contributed by atoms with Crippen LogP contribution < -0.4 is 5.32 Å². The van der Waals surface area contributed by atoms with Crippen LogP contribution in [0.15, 0.2) is 48.6 Å². The van der Waals surface area contributed by atoms with Crippen molar-refractivity contribution in [2.45, 2.75) is 424 Å². The van der Waals surface area contributed by atoms with E-state index in [1.54, 1.807) is 6.08 Å². The second-order valence-electron chi connectivity index (χ2n) is 26.0. The molecule has 0 fully saturated rings. The number of unbranched alkanes of at least 4 members (excludes halogenated alkanes) is 54. The van der Waals surface area contributed by atoms with Crippen molar-refractivity contribution in [1.82, 2.24) is 5.32 Å². The van der Waals surface area contributed by atoms with Crippen LogP contribution in [0.1, 0.15) is 412 Å². The Kier molecular flexibility index (Phi) is 71.4. The Labute approximate surface area is 525 Å². The van der Waals surface area contributed by atoms with E-state index in [1.807, 2.05) is 6.08 Å². The summed E-state index contributed by atoms with van der Waals surface area (Å²) >= 11 is 0. The normalized spacial score (nSPS) is 12.8. The molecule has 1 amide bonds. The number of rotatable bonds is 71. The van der Waals surface area contributed by atoms with Crippen molar-refractivity contribution in [1.29, 1.82) is 0 Å². The summed E-state index contributed by atoms with van der Waals surface area (Å²) in [6.45, 7) is 4.91. The molecule has 0 bridgehead atoms. The highest BCUT2D eigenvalue weighted by Gasteiger charge is 2.18. The van der Waals surface area contributed by atoms with Gasteiger partial charge in [-0.1, -0.05) is 358 Å². The zero-order valence-corrected chi connectivity index (χ0v) is 56.6. The van der Waals surface area contributed by atoms with E-state index < -0.39 is 12.1 Å². The van der Waals surface area contributed by atoms with Crippen LogP contribution in [0.2, 0.25) is 0 Å². The molecule has 2 atom stereocenters. The van der Waals surface area contributed by atoms with Crippen LogP contribution in [0.5, 0.6) is 0 Å². The smallest absolute Gasteiger partial charge is 0.305 e. The van der Waals surface area contributed by atoms with Gasteiger partial charge in [0, 0.05) is 12.8 Å². The Hall–Kier alpha value is -2.18. The number of allylic oxidation sites excluding steroid dienone is 7. The topological polar surface area (TPSA) is 95.9 Å². The predicted octanol–water partition coefficient (Wildman–Crippen LogP) is 24.8. The summed E-state index contributed by atoms with van der Waals surface area (Å²) in [6, 6.07) is -0.629. The summed E-state index contributed by atoms with van der Waals surface area (Å²) in [7, 11) is 0. The molecule has 0 rings (SSSR count). The summed E-state index contributed by atoms with van der Waals surface area (Å²) in [5, 5.41) is 23.3. The number of aliphatic hydroxyl groups excluding tert-OH is 2. The third-order valence-electron chi connectivity index (χ3n) is 17.6. The maximum absolute atomic E-state index is 12.5. The maximum atomic E-state index is 12.5. The molecular weight excluding hydrogens is 1030 g/mol. The lowest BCUT2D eigenvalue weighted by atomic mass is 10.0. The van der Waals surface area contributed by atoms with Crippen molar-refractivity contribution in [3.05, 3.63) is 48.6 Å². The molecule has 0 radical (unpaired) electrons. The first-order valence-electron chi connectivity index (χ1n) is 37.9. The van der Waals surface area contributed by atoms with E-state index >= 15 is 0 Å². The molecule has 0 aliphatic carbocycles. The highest BCUT2D eigenvalue weighted by molar-refractivity contribution is 5.76. The Balaban J connectivity index is 3.39. The van der Waals surface area contributed by atoms with Crippen molar-refractivity contribution < 1.29 is 24.5 Å². The van der Waals surface area contributed by atoms with Crippen molar-refractivity contribution in [3.8, 4) is 0 Å². The molecule has 0 aliphatic rings. The van der Waals surface area contributed by atoms with Crippen molar-refractivity contribution in [3.63, 3.8) is 0 Å². The fourth-order valence-electron chi connectivity index (χ4n) is 11.8. The molecule has 0 saturated carbocycles. The third-order valence-corrected chi connectivity index (χ3v) is 17.6. The molecule has 494 valence electrons. The van der Waals surface area contributed by atoms with E-state index in [9.17, 15) is 19.8 Å². The van der Waals surface area contributed by atoms with Crippen molar-refractivity contribution >= 4 is 11.9 Å². The standard InChI is InChI=1S/C78H147NO5/c1-3-5-7-9-11-13-15-17-19-21-23-35-38-42-46-50-54-58-62-66-70-76(81)75(74-80)79-77(82)71-67-63-59-55-51-47-43-39-36-32-30-28-26-24-25-27-29-31-33-37-41-45-49-53-57-61-65-69-73-84-78(83)72-68-64-60-56-52-48-44-40-34-22-20-18-16-14-12-10-8-6-4-2/h12,14,18,20,24-25,66,70,75-76,80-81H,3-11,13,15-17,19,21-23,26-65,67-69,71-74H2,1-2H3,(H,79,82)/b14-12-,20-18-,25-24-,70-66+. The number of hydrogen-bond donors (Lipinski definition) is 3. The molecule has 2 unspecified atom stereocenters. The molecule has 0 heterocycles. The number of hydrogen-bond acceptors (Lipinski definition) is 5. The maximum Gasteiger partial charge on any atom is 0.305 e. The second kappa shape index (κ2) is 73.3. The van der Waals surface area contributed by atoms with Crippen LogP contribution in [-0.2, 0) is 14.3 Å². The van der Waals surface area contributed by atoms with E-state index in [4.69, 9.17) is 4.74 Å². The molecular formula is C78H147NO5. The van der Waals surface area contributed by atoms with Gasteiger partial charge in [0.05, 0.1) is 25.4 Å². The van der Waals surface area contributed by atoms with E-state index in [0.29, 0.717) is 19.4 Å². The van der Waals surface area contributed by atoms with E-state index in [-0.39, 0.29) is 18.5 Å². The lowest BCUT2D eigenvalue weighted by Gasteiger charge is -2.20. The first-order chi connectivity index (χ1) is 41.5. The fraction of sp³-hybridized carbons (Fsp3) is 0.872. The summed E-state index contributed by atoms with van der Waals surface area (Å²) in [4.78, 5) is 24.6. The molecule has 3 N–H and O–H groups in total. The number of esters is 1. The van der Waals surface area contributed by atoms with Crippen molar-refractivity contribution in [2.75, 3.05) is 13.2 Å². The van der Waals surface area contributed by atoms with Crippen LogP contribution >= 0.6 is 0 Å². The molecule has 0 aliphatic heterocycles. The largest absolute Gasteiger partial charge is 0.466 e. The van der Waals surface area contributed by atoms with Gasteiger partial charge >= 0.3 is 5.97 Å². The van der Waals surface area contributed by atoms with E-state index in [1.165, 1.54) is 334 Å². The Morgan fingerprint density at radius 3 is 0.940 bits per heavy atom. The minimum Gasteiger partial charge on any atom is -0.466 e. The zero-order chi connectivity index (χ0) is 60.6. The molecule has 6 heteroatoms. The van der Waals surface area contributed by atoms with Gasteiger partial charge in [0.2, 0.25) is 5.91 Å². The molecule has 6 nitrogen and oxygen atoms in total. The van der Waals surface area contributed by atoms with Crippen LogP contribution in [-0.4, -0.2) is 47.4 Å². The molecule has 0 aromatic heterocycles. The van der Waals surface area contributed by atoms with Gasteiger partial charge in [-0.2, -0.15) is 0 Å². The Morgan fingerprint density at radius 2 is 0.595 bits per heavy atom. The van der Waals surface area contributed by atoms with Crippen LogP contribution in [0.4, 0.5) is 0 Å².